The zero-order valence-corrected chi connectivity index (χ0v) is 30.6. The van der Waals surface area contributed by atoms with Crippen molar-refractivity contribution in [3.63, 3.8) is 0 Å². The van der Waals surface area contributed by atoms with Crippen LogP contribution in [-0.4, -0.2) is 9.13 Å². The molecule has 0 bridgehead atoms. The van der Waals surface area contributed by atoms with Crippen LogP contribution in [0.4, 0.5) is 0 Å². The Morgan fingerprint density at radius 1 is 0.327 bits per heavy atom. The normalized spacial score (nSPS) is 12.0. The highest BCUT2D eigenvalue weighted by Gasteiger charge is 2.21. The molecule has 0 atom stereocenters. The highest BCUT2D eigenvalue weighted by molar-refractivity contribution is 7.25. The fourth-order valence-electron chi connectivity index (χ4n) is 9.05. The van der Waals surface area contributed by atoms with Gasteiger partial charge in [-0.3, -0.25) is 0 Å². The third kappa shape index (κ3) is 4.54. The first-order valence-corrected chi connectivity index (χ1v) is 19.7. The van der Waals surface area contributed by atoms with Gasteiger partial charge in [-0.1, -0.05) is 121 Å². The number of aromatic nitrogens is 2. The fraction of sp³-hybridized carbons (Fsp3) is 0. The van der Waals surface area contributed by atoms with Crippen molar-refractivity contribution in [3.8, 4) is 33.6 Å². The molecule has 0 spiro atoms. The maximum atomic E-state index is 2.50. The molecule has 2 nitrogen and oxygen atoms in total. The first-order chi connectivity index (χ1) is 27.3. The van der Waals surface area contributed by atoms with Gasteiger partial charge in [0.25, 0.3) is 0 Å². The van der Waals surface area contributed by atoms with E-state index in [1.54, 1.807) is 0 Å². The van der Waals surface area contributed by atoms with E-state index in [1.165, 1.54) is 108 Å². The number of thiophene rings is 1. The Kier molecular flexibility index (Phi) is 6.54. The summed E-state index contributed by atoms with van der Waals surface area (Å²) in [6, 6.07) is 71.5. The molecule has 12 aromatic rings. The first kappa shape index (κ1) is 30.5. The van der Waals surface area contributed by atoms with E-state index in [0.717, 1.165) is 0 Å². The van der Waals surface area contributed by atoms with Gasteiger partial charge < -0.3 is 9.13 Å². The molecular weight excluding hydrogens is 685 g/mol. The minimum atomic E-state index is 1.17. The SMILES string of the molecule is c1ccc(-c2cccc3c2c2cc(-c4ccc5c(c4)c4cc6ccccc6cc4n5-c4ccccc4)ccc2n3-c2cccc3sc4ccccc4c23)cc1. The lowest BCUT2D eigenvalue weighted by atomic mass is 9.97. The molecule has 0 radical (unpaired) electrons. The zero-order chi connectivity index (χ0) is 36.0. The Morgan fingerprint density at radius 2 is 0.964 bits per heavy atom. The van der Waals surface area contributed by atoms with Crippen LogP contribution >= 0.6 is 11.3 Å². The van der Waals surface area contributed by atoms with Crippen LogP contribution in [0.15, 0.2) is 194 Å². The highest BCUT2D eigenvalue weighted by Crippen LogP contribution is 2.44. The lowest BCUT2D eigenvalue weighted by molar-refractivity contribution is 1.18. The van der Waals surface area contributed by atoms with Crippen LogP contribution in [0.3, 0.4) is 0 Å². The number of fused-ring (bicyclic) bond motifs is 10. The number of rotatable bonds is 4. The van der Waals surface area contributed by atoms with Crippen molar-refractivity contribution in [3.05, 3.63) is 194 Å². The van der Waals surface area contributed by atoms with Gasteiger partial charge in [0.15, 0.2) is 0 Å². The number of nitrogens with zero attached hydrogens (tertiary/aromatic N) is 2. The topological polar surface area (TPSA) is 9.86 Å². The molecule has 0 aliphatic rings. The Morgan fingerprint density at radius 3 is 1.78 bits per heavy atom. The number of benzene rings is 9. The lowest BCUT2D eigenvalue weighted by Crippen LogP contribution is -1.94. The molecule has 0 aliphatic carbocycles. The van der Waals surface area contributed by atoms with Crippen LogP contribution in [0.25, 0.3) is 108 Å². The molecule has 0 fully saturated rings. The molecule has 0 saturated carbocycles. The molecule has 0 aliphatic heterocycles. The molecule has 3 heterocycles. The fourth-order valence-corrected chi connectivity index (χ4v) is 10.2. The third-order valence-electron chi connectivity index (χ3n) is 11.5. The minimum Gasteiger partial charge on any atom is -0.309 e. The van der Waals surface area contributed by atoms with Gasteiger partial charge in [0.2, 0.25) is 0 Å². The van der Waals surface area contributed by atoms with E-state index >= 15 is 0 Å². The van der Waals surface area contributed by atoms with Crippen LogP contribution in [0.5, 0.6) is 0 Å². The van der Waals surface area contributed by atoms with Gasteiger partial charge >= 0.3 is 0 Å². The van der Waals surface area contributed by atoms with E-state index in [1.807, 2.05) is 11.3 Å². The van der Waals surface area contributed by atoms with Crippen molar-refractivity contribution in [1.29, 1.82) is 0 Å². The monoisotopic (exact) mass is 716 g/mol. The molecule has 55 heavy (non-hydrogen) atoms. The molecule has 256 valence electrons. The molecule has 3 heteroatoms. The first-order valence-electron chi connectivity index (χ1n) is 18.8. The third-order valence-corrected chi connectivity index (χ3v) is 12.6. The minimum absolute atomic E-state index is 1.17. The average Bonchev–Trinajstić information content (AvgIpc) is 3.90. The molecule has 0 amide bonds. The number of hydrogen-bond donors (Lipinski definition) is 0. The Hall–Kier alpha value is -6.94. The molecule has 0 saturated heterocycles. The maximum absolute atomic E-state index is 2.50. The summed E-state index contributed by atoms with van der Waals surface area (Å²) < 4.78 is 7.54. The quantitative estimate of drug-likeness (QED) is 0.172. The predicted molar refractivity (Wildman–Crippen MR) is 236 cm³/mol. The number of hydrogen-bond acceptors (Lipinski definition) is 1. The molecule has 0 unspecified atom stereocenters. The second-order valence-electron chi connectivity index (χ2n) is 14.5. The Labute approximate surface area is 321 Å². The average molecular weight is 717 g/mol. The Balaban J connectivity index is 1.14. The van der Waals surface area contributed by atoms with Gasteiger partial charge in [-0.2, -0.15) is 0 Å². The van der Waals surface area contributed by atoms with Crippen molar-refractivity contribution in [2.45, 2.75) is 0 Å². The van der Waals surface area contributed by atoms with Crippen molar-refractivity contribution in [1.82, 2.24) is 9.13 Å². The smallest absolute Gasteiger partial charge is 0.0555 e. The maximum Gasteiger partial charge on any atom is 0.0555 e. The van der Waals surface area contributed by atoms with Crippen LogP contribution in [0.2, 0.25) is 0 Å². The van der Waals surface area contributed by atoms with Crippen LogP contribution in [0.1, 0.15) is 0 Å². The van der Waals surface area contributed by atoms with E-state index in [0.29, 0.717) is 0 Å². The van der Waals surface area contributed by atoms with Gasteiger partial charge in [0.05, 0.1) is 27.8 Å². The van der Waals surface area contributed by atoms with Gasteiger partial charge in [0, 0.05) is 47.4 Å². The predicted octanol–water partition coefficient (Wildman–Crippen LogP) is 14.7. The molecule has 9 aromatic carbocycles. The van der Waals surface area contributed by atoms with Gasteiger partial charge in [-0.25, -0.2) is 0 Å². The van der Waals surface area contributed by atoms with E-state index < -0.39 is 0 Å². The van der Waals surface area contributed by atoms with Crippen molar-refractivity contribution >= 4 is 85.9 Å². The summed E-state index contributed by atoms with van der Waals surface area (Å²) in [7, 11) is 0. The summed E-state index contributed by atoms with van der Waals surface area (Å²) in [5.41, 5.74) is 12.1. The highest BCUT2D eigenvalue weighted by atomic mass is 32.1. The lowest BCUT2D eigenvalue weighted by Gasteiger charge is -2.11. The summed E-state index contributed by atoms with van der Waals surface area (Å²) in [5, 5.41) is 10.2. The summed E-state index contributed by atoms with van der Waals surface area (Å²) in [4.78, 5) is 0. The molecule has 3 aromatic heterocycles. The molecule has 12 rings (SSSR count). The van der Waals surface area contributed by atoms with Crippen molar-refractivity contribution < 1.29 is 0 Å². The second kappa shape index (κ2) is 11.8. The molecule has 0 N–H and O–H groups in total. The van der Waals surface area contributed by atoms with E-state index in [4.69, 9.17) is 0 Å². The van der Waals surface area contributed by atoms with Crippen LogP contribution < -0.4 is 0 Å². The summed E-state index contributed by atoms with van der Waals surface area (Å²) in [5.74, 6) is 0. The van der Waals surface area contributed by atoms with Gasteiger partial charge in [-0.15, -0.1) is 11.3 Å². The number of para-hydroxylation sites is 1. The molecular formula is C52H32N2S. The Bertz CT molecular complexity index is 3470. The van der Waals surface area contributed by atoms with Gasteiger partial charge in [0.1, 0.15) is 0 Å². The standard InChI is InChI=1S/C52H32N2S/c1-3-13-33(14-4-1)39-20-11-21-46-51(39)43-31-37(26-28-45(43)54(46)47-22-12-24-50-52(47)40-19-9-10-23-49(40)55-50)36-25-27-44-41(30-36)42-29-34-15-7-8-16-35(34)32-48(42)53(44)38-17-5-2-6-18-38/h1-32H. The van der Waals surface area contributed by atoms with Crippen LogP contribution in [-0.2, 0) is 0 Å². The van der Waals surface area contributed by atoms with E-state index in [-0.39, 0.29) is 0 Å². The summed E-state index contributed by atoms with van der Waals surface area (Å²) >= 11 is 1.87. The second-order valence-corrected chi connectivity index (χ2v) is 15.6. The van der Waals surface area contributed by atoms with Crippen molar-refractivity contribution in [2.24, 2.45) is 0 Å². The van der Waals surface area contributed by atoms with Crippen molar-refractivity contribution in [2.75, 3.05) is 0 Å². The summed E-state index contributed by atoms with van der Waals surface area (Å²) in [6.07, 6.45) is 0. The zero-order valence-electron chi connectivity index (χ0n) is 29.8. The summed E-state index contributed by atoms with van der Waals surface area (Å²) in [6.45, 7) is 0. The van der Waals surface area contributed by atoms with Crippen LogP contribution in [0, 0.1) is 0 Å². The van der Waals surface area contributed by atoms with E-state index in [9.17, 15) is 0 Å². The van der Waals surface area contributed by atoms with Gasteiger partial charge in [-0.05, 0) is 106 Å². The largest absolute Gasteiger partial charge is 0.309 e. The van der Waals surface area contributed by atoms with E-state index in [2.05, 4.69) is 203 Å².